The first kappa shape index (κ1) is 18.5. The van der Waals surface area contributed by atoms with Gasteiger partial charge >= 0.3 is 0 Å². The number of ether oxygens (including phenoxy) is 2. The van der Waals surface area contributed by atoms with Crippen LogP contribution in [0.4, 0.5) is 0 Å². The Labute approximate surface area is 156 Å². The van der Waals surface area contributed by atoms with Gasteiger partial charge in [-0.1, -0.05) is 25.6 Å². The molecule has 1 aromatic rings. The summed E-state index contributed by atoms with van der Waals surface area (Å²) in [5.74, 6) is 1.54. The van der Waals surface area contributed by atoms with E-state index in [2.05, 4.69) is 23.2 Å². The van der Waals surface area contributed by atoms with Crippen molar-refractivity contribution >= 4 is 17.2 Å². The summed E-state index contributed by atoms with van der Waals surface area (Å²) >= 11 is 5.59. The molecule has 0 spiro atoms. The SMILES string of the molecule is CCC1(CCN2CCCCC2)CNC(=S)c2cc(OC)c(OC)cc21. The molecule has 2 aliphatic heterocycles. The number of piperidine rings is 1. The summed E-state index contributed by atoms with van der Waals surface area (Å²) in [5.41, 5.74) is 2.50. The Balaban J connectivity index is 1.92. The number of hydrogen-bond acceptors (Lipinski definition) is 4. The van der Waals surface area contributed by atoms with Gasteiger partial charge < -0.3 is 19.7 Å². The lowest BCUT2D eigenvalue weighted by Crippen LogP contribution is -2.48. The number of hydrogen-bond donors (Lipinski definition) is 1. The van der Waals surface area contributed by atoms with Crippen molar-refractivity contribution in [1.29, 1.82) is 0 Å². The lowest BCUT2D eigenvalue weighted by Gasteiger charge is -2.41. The van der Waals surface area contributed by atoms with Gasteiger partial charge in [-0.15, -0.1) is 0 Å². The molecule has 1 saturated heterocycles. The van der Waals surface area contributed by atoms with E-state index < -0.39 is 0 Å². The van der Waals surface area contributed by atoms with Crippen LogP contribution >= 0.6 is 12.2 Å². The summed E-state index contributed by atoms with van der Waals surface area (Å²) < 4.78 is 11.1. The topological polar surface area (TPSA) is 33.7 Å². The molecule has 0 bridgehead atoms. The zero-order chi connectivity index (χ0) is 17.9. The van der Waals surface area contributed by atoms with Crippen LogP contribution in [0.5, 0.6) is 11.5 Å². The summed E-state index contributed by atoms with van der Waals surface area (Å²) in [6.45, 7) is 6.82. The van der Waals surface area contributed by atoms with Crippen molar-refractivity contribution in [1.82, 2.24) is 10.2 Å². The Bertz CT molecular complexity index is 628. The zero-order valence-electron chi connectivity index (χ0n) is 15.7. The molecular formula is C20H30N2O2S. The first-order chi connectivity index (χ1) is 12.1. The second-order valence-corrected chi connectivity index (χ2v) is 7.63. The fourth-order valence-electron chi connectivity index (χ4n) is 4.22. The van der Waals surface area contributed by atoms with Gasteiger partial charge in [0.15, 0.2) is 11.5 Å². The Morgan fingerprint density at radius 3 is 2.44 bits per heavy atom. The first-order valence-electron chi connectivity index (χ1n) is 9.40. The number of rotatable bonds is 6. The zero-order valence-corrected chi connectivity index (χ0v) is 16.5. The molecule has 1 aromatic carbocycles. The predicted octanol–water partition coefficient (Wildman–Crippen LogP) is 3.51. The summed E-state index contributed by atoms with van der Waals surface area (Å²) in [4.78, 5) is 3.44. The van der Waals surface area contributed by atoms with Gasteiger partial charge in [-0.2, -0.15) is 0 Å². The van der Waals surface area contributed by atoms with Crippen LogP contribution in [0, 0.1) is 0 Å². The van der Waals surface area contributed by atoms with E-state index in [-0.39, 0.29) is 5.41 Å². The minimum Gasteiger partial charge on any atom is -0.493 e. The molecule has 0 amide bonds. The number of nitrogens with zero attached hydrogens (tertiary/aromatic N) is 1. The third-order valence-electron chi connectivity index (χ3n) is 5.96. The number of likely N-dealkylation sites (tertiary alicyclic amines) is 1. The maximum Gasteiger partial charge on any atom is 0.161 e. The Hall–Kier alpha value is -1.33. The maximum atomic E-state index is 5.59. The molecule has 1 N–H and O–H groups in total. The number of thiocarbonyl (C=S) groups is 1. The van der Waals surface area contributed by atoms with Gasteiger partial charge in [0.25, 0.3) is 0 Å². The fourth-order valence-corrected chi connectivity index (χ4v) is 4.46. The largest absolute Gasteiger partial charge is 0.493 e. The van der Waals surface area contributed by atoms with Gasteiger partial charge in [0.05, 0.1) is 14.2 Å². The molecule has 1 unspecified atom stereocenters. The maximum absolute atomic E-state index is 5.59. The van der Waals surface area contributed by atoms with E-state index in [1.54, 1.807) is 14.2 Å². The van der Waals surface area contributed by atoms with Crippen molar-refractivity contribution in [2.45, 2.75) is 44.4 Å². The molecule has 2 aliphatic rings. The molecule has 0 aliphatic carbocycles. The van der Waals surface area contributed by atoms with Crippen molar-refractivity contribution in [2.24, 2.45) is 0 Å². The highest BCUT2D eigenvalue weighted by molar-refractivity contribution is 7.80. The Morgan fingerprint density at radius 1 is 1.12 bits per heavy atom. The standard InChI is InChI=1S/C20H30N2O2S/c1-4-20(8-11-22-9-6-5-7-10-22)14-21-19(25)15-12-17(23-2)18(24-3)13-16(15)20/h12-13H,4-11,14H2,1-3H3,(H,21,25). The minimum absolute atomic E-state index is 0.0919. The van der Waals surface area contributed by atoms with E-state index >= 15 is 0 Å². The molecule has 2 heterocycles. The minimum atomic E-state index is 0.0919. The second-order valence-electron chi connectivity index (χ2n) is 7.22. The lowest BCUT2D eigenvalue weighted by atomic mass is 9.71. The van der Waals surface area contributed by atoms with Crippen molar-refractivity contribution in [3.8, 4) is 11.5 Å². The molecule has 0 radical (unpaired) electrons. The molecule has 0 saturated carbocycles. The van der Waals surface area contributed by atoms with E-state index in [0.717, 1.165) is 48.0 Å². The van der Waals surface area contributed by atoms with Crippen LogP contribution in [0.1, 0.15) is 50.2 Å². The monoisotopic (exact) mass is 362 g/mol. The lowest BCUT2D eigenvalue weighted by molar-refractivity contribution is 0.199. The molecule has 138 valence electrons. The van der Waals surface area contributed by atoms with Gasteiger partial charge in [0, 0.05) is 17.5 Å². The molecule has 1 atom stereocenters. The summed E-state index contributed by atoms with van der Waals surface area (Å²) in [6.07, 6.45) is 6.28. The van der Waals surface area contributed by atoms with Crippen LogP contribution in [0.2, 0.25) is 0 Å². The second kappa shape index (κ2) is 7.92. The third kappa shape index (κ3) is 3.63. The van der Waals surface area contributed by atoms with Crippen LogP contribution in [-0.2, 0) is 5.41 Å². The number of methoxy groups -OCH3 is 2. The number of fused-ring (bicyclic) bond motifs is 1. The van der Waals surface area contributed by atoms with Gasteiger partial charge in [-0.3, -0.25) is 0 Å². The smallest absolute Gasteiger partial charge is 0.161 e. The highest BCUT2D eigenvalue weighted by atomic mass is 32.1. The molecular weight excluding hydrogens is 332 g/mol. The van der Waals surface area contributed by atoms with Gasteiger partial charge in [0.1, 0.15) is 4.99 Å². The molecule has 3 rings (SSSR count). The summed E-state index contributed by atoms with van der Waals surface area (Å²) in [7, 11) is 3.37. The average molecular weight is 363 g/mol. The first-order valence-corrected chi connectivity index (χ1v) is 9.81. The van der Waals surface area contributed by atoms with Crippen molar-refractivity contribution in [2.75, 3.05) is 40.4 Å². The molecule has 1 fully saturated rings. The van der Waals surface area contributed by atoms with E-state index in [4.69, 9.17) is 21.7 Å². The Morgan fingerprint density at radius 2 is 1.80 bits per heavy atom. The van der Waals surface area contributed by atoms with Crippen LogP contribution in [0.3, 0.4) is 0 Å². The number of nitrogens with one attached hydrogen (secondary N) is 1. The average Bonchev–Trinajstić information content (AvgIpc) is 2.68. The van der Waals surface area contributed by atoms with Gasteiger partial charge in [-0.05, 0) is 63.0 Å². The van der Waals surface area contributed by atoms with Crippen molar-refractivity contribution in [3.63, 3.8) is 0 Å². The Kier molecular flexibility index (Phi) is 5.85. The molecule has 0 aromatic heterocycles. The fraction of sp³-hybridized carbons (Fsp3) is 0.650. The predicted molar refractivity (Wildman–Crippen MR) is 106 cm³/mol. The number of benzene rings is 1. The summed E-state index contributed by atoms with van der Waals surface area (Å²) in [5, 5.41) is 3.47. The summed E-state index contributed by atoms with van der Waals surface area (Å²) in [6, 6.07) is 4.19. The van der Waals surface area contributed by atoms with Crippen molar-refractivity contribution < 1.29 is 9.47 Å². The van der Waals surface area contributed by atoms with E-state index in [1.165, 1.54) is 37.9 Å². The van der Waals surface area contributed by atoms with E-state index in [1.807, 2.05) is 6.07 Å². The highest BCUT2D eigenvalue weighted by Gasteiger charge is 2.38. The van der Waals surface area contributed by atoms with E-state index in [0.29, 0.717) is 0 Å². The third-order valence-corrected chi connectivity index (χ3v) is 6.32. The van der Waals surface area contributed by atoms with Crippen LogP contribution in [-0.4, -0.2) is 50.3 Å². The van der Waals surface area contributed by atoms with E-state index in [9.17, 15) is 0 Å². The molecule has 25 heavy (non-hydrogen) atoms. The normalized spacial score (nSPS) is 23.7. The van der Waals surface area contributed by atoms with Gasteiger partial charge in [0.2, 0.25) is 0 Å². The van der Waals surface area contributed by atoms with Crippen LogP contribution < -0.4 is 14.8 Å². The van der Waals surface area contributed by atoms with Gasteiger partial charge in [-0.25, -0.2) is 0 Å². The molecule has 5 heteroatoms. The van der Waals surface area contributed by atoms with Crippen molar-refractivity contribution in [3.05, 3.63) is 23.3 Å². The van der Waals surface area contributed by atoms with Crippen LogP contribution in [0.15, 0.2) is 12.1 Å². The highest BCUT2D eigenvalue weighted by Crippen LogP contribution is 2.42. The van der Waals surface area contributed by atoms with Crippen LogP contribution in [0.25, 0.3) is 0 Å². The molecule has 4 nitrogen and oxygen atoms in total. The quantitative estimate of drug-likeness (QED) is 0.783.